The van der Waals surface area contributed by atoms with E-state index >= 15 is 0 Å². The van der Waals surface area contributed by atoms with E-state index in [2.05, 4.69) is 26.1 Å². The van der Waals surface area contributed by atoms with E-state index in [4.69, 9.17) is 4.52 Å². The van der Waals surface area contributed by atoms with Crippen LogP contribution in [0.5, 0.6) is 0 Å². The summed E-state index contributed by atoms with van der Waals surface area (Å²) in [6, 6.07) is 7.78. The van der Waals surface area contributed by atoms with Crippen molar-refractivity contribution in [2.45, 2.75) is 32.6 Å². The van der Waals surface area contributed by atoms with Crippen molar-refractivity contribution < 1.29 is 9.32 Å². The summed E-state index contributed by atoms with van der Waals surface area (Å²) in [5.41, 5.74) is 4.59. The summed E-state index contributed by atoms with van der Waals surface area (Å²) in [7, 11) is 1.79. The number of carbonyl (C=O) groups is 1. The first kappa shape index (κ1) is 16.3. The zero-order chi connectivity index (χ0) is 17.7. The lowest BCUT2D eigenvalue weighted by Crippen LogP contribution is -2.26. The lowest BCUT2D eigenvalue weighted by atomic mass is 10.1. The molecule has 2 aromatic heterocycles. The van der Waals surface area contributed by atoms with Crippen molar-refractivity contribution in [1.29, 1.82) is 0 Å². The highest BCUT2D eigenvalue weighted by atomic mass is 79.9. The van der Waals surface area contributed by atoms with E-state index in [9.17, 15) is 4.79 Å². The van der Waals surface area contributed by atoms with E-state index in [1.165, 1.54) is 0 Å². The lowest BCUT2D eigenvalue weighted by molar-refractivity contribution is 0.0994. The summed E-state index contributed by atoms with van der Waals surface area (Å²) < 4.78 is 6.36. The molecule has 0 N–H and O–H groups in total. The van der Waals surface area contributed by atoms with Crippen LogP contribution in [-0.4, -0.2) is 23.1 Å². The topological polar surface area (TPSA) is 59.2 Å². The van der Waals surface area contributed by atoms with Gasteiger partial charge in [-0.1, -0.05) is 21.1 Å². The van der Waals surface area contributed by atoms with Gasteiger partial charge in [0.1, 0.15) is 0 Å². The zero-order valence-electron chi connectivity index (χ0n) is 14.3. The molecular formula is C19H18BrN3O2. The number of aryl methyl sites for hydroxylation is 2. The molecule has 1 aromatic carbocycles. The molecule has 0 atom stereocenters. The number of aromatic nitrogens is 2. The van der Waals surface area contributed by atoms with E-state index in [1.54, 1.807) is 11.9 Å². The highest BCUT2D eigenvalue weighted by Crippen LogP contribution is 2.40. The van der Waals surface area contributed by atoms with Crippen LogP contribution in [0.4, 0.5) is 5.69 Å². The maximum absolute atomic E-state index is 13.2. The molecule has 1 fully saturated rings. The van der Waals surface area contributed by atoms with Gasteiger partial charge in [-0.15, -0.1) is 0 Å². The average Bonchev–Trinajstić information content (AvgIpc) is 3.39. The number of hydrogen-bond donors (Lipinski definition) is 0. The number of nitrogens with zero attached hydrogens (tertiary/aromatic N) is 3. The highest BCUT2D eigenvalue weighted by molar-refractivity contribution is 9.10. The molecule has 1 saturated carbocycles. The van der Waals surface area contributed by atoms with Gasteiger partial charge in [-0.2, -0.15) is 0 Å². The predicted octanol–water partition coefficient (Wildman–Crippen LogP) is 4.76. The molecule has 1 aliphatic carbocycles. The van der Waals surface area contributed by atoms with Crippen LogP contribution in [0.1, 0.15) is 46.1 Å². The largest absolute Gasteiger partial charge is 0.336 e. The number of rotatable bonds is 3. The lowest BCUT2D eigenvalue weighted by Gasteiger charge is -2.19. The Morgan fingerprint density at radius 1 is 1.28 bits per heavy atom. The van der Waals surface area contributed by atoms with Crippen molar-refractivity contribution in [3.05, 3.63) is 51.3 Å². The second kappa shape index (κ2) is 5.95. The SMILES string of the molecule is Cc1cc(N(C)C(=O)c2cc(C3CC3)nc3onc(C)c23)ccc1Br. The second-order valence-corrected chi connectivity index (χ2v) is 7.47. The molecule has 3 aromatic rings. The van der Waals surface area contributed by atoms with Crippen molar-refractivity contribution >= 4 is 38.6 Å². The molecule has 0 bridgehead atoms. The molecule has 2 heterocycles. The van der Waals surface area contributed by atoms with E-state index in [0.717, 1.165) is 34.3 Å². The number of anilines is 1. The highest BCUT2D eigenvalue weighted by Gasteiger charge is 2.29. The van der Waals surface area contributed by atoms with E-state index in [-0.39, 0.29) is 5.91 Å². The Kier molecular flexibility index (Phi) is 3.87. The van der Waals surface area contributed by atoms with Crippen molar-refractivity contribution in [3.63, 3.8) is 0 Å². The molecule has 6 heteroatoms. The fourth-order valence-corrected chi connectivity index (χ4v) is 3.25. The Balaban J connectivity index is 1.80. The normalized spacial score (nSPS) is 14.1. The second-order valence-electron chi connectivity index (χ2n) is 6.61. The molecule has 4 rings (SSSR count). The summed E-state index contributed by atoms with van der Waals surface area (Å²) in [6.45, 7) is 3.84. The van der Waals surface area contributed by atoms with Crippen LogP contribution in [0.25, 0.3) is 11.1 Å². The summed E-state index contributed by atoms with van der Waals surface area (Å²) in [5.74, 6) is 0.351. The summed E-state index contributed by atoms with van der Waals surface area (Å²) >= 11 is 3.50. The smallest absolute Gasteiger partial charge is 0.259 e. The monoisotopic (exact) mass is 399 g/mol. The number of carbonyl (C=O) groups excluding carboxylic acids is 1. The average molecular weight is 400 g/mol. The standard InChI is InChI=1S/C19H18BrN3O2/c1-10-8-13(6-7-15(10)20)23(3)19(24)14-9-16(12-4-5-12)21-18-17(14)11(2)22-25-18/h6-9,12H,4-5H2,1-3H3. The van der Waals surface area contributed by atoms with Crippen molar-refractivity contribution in [2.24, 2.45) is 0 Å². The van der Waals surface area contributed by atoms with Gasteiger partial charge in [-0.25, -0.2) is 4.98 Å². The van der Waals surface area contributed by atoms with Gasteiger partial charge in [0.05, 0.1) is 16.6 Å². The molecule has 128 valence electrons. The van der Waals surface area contributed by atoms with E-state index < -0.39 is 0 Å². The van der Waals surface area contributed by atoms with Gasteiger partial charge in [0, 0.05) is 28.8 Å². The van der Waals surface area contributed by atoms with E-state index in [0.29, 0.717) is 28.3 Å². The maximum Gasteiger partial charge on any atom is 0.259 e. The number of hydrogen-bond acceptors (Lipinski definition) is 4. The first-order valence-corrected chi connectivity index (χ1v) is 9.06. The van der Waals surface area contributed by atoms with E-state index in [1.807, 2.05) is 38.1 Å². The fraction of sp³-hybridized carbons (Fsp3) is 0.316. The van der Waals surface area contributed by atoms with Crippen LogP contribution in [-0.2, 0) is 0 Å². The molecule has 5 nitrogen and oxygen atoms in total. The van der Waals surface area contributed by atoms with Gasteiger partial charge < -0.3 is 9.42 Å². The summed E-state index contributed by atoms with van der Waals surface area (Å²) in [4.78, 5) is 19.4. The Morgan fingerprint density at radius 2 is 2.04 bits per heavy atom. The Morgan fingerprint density at radius 3 is 2.72 bits per heavy atom. The van der Waals surface area contributed by atoms with Crippen molar-refractivity contribution in [3.8, 4) is 0 Å². The third-order valence-electron chi connectivity index (χ3n) is 4.70. The molecule has 25 heavy (non-hydrogen) atoms. The molecule has 0 saturated heterocycles. The Labute approximate surface area is 154 Å². The van der Waals surface area contributed by atoms with Gasteiger partial charge in [-0.05, 0) is 56.5 Å². The van der Waals surface area contributed by atoms with Crippen LogP contribution < -0.4 is 4.90 Å². The first-order valence-electron chi connectivity index (χ1n) is 8.27. The molecule has 0 radical (unpaired) electrons. The summed E-state index contributed by atoms with van der Waals surface area (Å²) in [5, 5.41) is 4.71. The van der Waals surface area contributed by atoms with Crippen LogP contribution in [0.3, 0.4) is 0 Å². The van der Waals surface area contributed by atoms with Gasteiger partial charge >= 0.3 is 0 Å². The minimum absolute atomic E-state index is 0.0812. The van der Waals surface area contributed by atoms with Crippen molar-refractivity contribution in [1.82, 2.24) is 10.1 Å². The van der Waals surface area contributed by atoms with Crippen LogP contribution >= 0.6 is 15.9 Å². The number of fused-ring (bicyclic) bond motifs is 1. The van der Waals surface area contributed by atoms with Crippen LogP contribution in [0.15, 0.2) is 33.3 Å². The molecule has 1 aliphatic rings. The molecule has 0 spiro atoms. The minimum atomic E-state index is -0.0812. The Hall–Kier alpha value is -2.21. The number of benzene rings is 1. The van der Waals surface area contributed by atoms with Gasteiger partial charge in [0.2, 0.25) is 0 Å². The van der Waals surface area contributed by atoms with Gasteiger partial charge in [0.15, 0.2) is 0 Å². The third-order valence-corrected chi connectivity index (χ3v) is 5.59. The fourth-order valence-electron chi connectivity index (χ4n) is 3.01. The molecule has 1 amide bonds. The number of pyridine rings is 1. The first-order chi connectivity index (χ1) is 12.0. The molecule has 0 aliphatic heterocycles. The van der Waals surface area contributed by atoms with Crippen LogP contribution in [0.2, 0.25) is 0 Å². The quantitative estimate of drug-likeness (QED) is 0.636. The van der Waals surface area contributed by atoms with Gasteiger partial charge in [-0.3, -0.25) is 4.79 Å². The Bertz CT molecular complexity index is 992. The zero-order valence-corrected chi connectivity index (χ0v) is 15.9. The molecule has 0 unspecified atom stereocenters. The predicted molar refractivity (Wildman–Crippen MR) is 100 cm³/mol. The number of halogens is 1. The number of amides is 1. The van der Waals surface area contributed by atoms with Gasteiger partial charge in [0.25, 0.3) is 11.6 Å². The van der Waals surface area contributed by atoms with Crippen LogP contribution in [0, 0.1) is 13.8 Å². The minimum Gasteiger partial charge on any atom is -0.336 e. The summed E-state index contributed by atoms with van der Waals surface area (Å²) in [6.07, 6.45) is 2.22. The van der Waals surface area contributed by atoms with Crippen molar-refractivity contribution in [2.75, 3.05) is 11.9 Å². The third kappa shape index (κ3) is 2.84. The maximum atomic E-state index is 13.2. The molecular weight excluding hydrogens is 382 g/mol.